The number of esters is 1. The van der Waals surface area contributed by atoms with Gasteiger partial charge in [-0.1, -0.05) is 54.1 Å². The lowest BCUT2D eigenvalue weighted by molar-refractivity contribution is -0.154. The standard InChI is InChI=1S/C29H39BrN2O5S/c1-7-12-31(23-17(5)10-9-11-18(23)6)27(35)25-29-14-20(30)24(38-29)21(28(36)37-8-2)22(29)26(34)32(25)19(15-33)13-16(3)4/h7,9-11,16,19-22,24-25,33H,1,8,12-15H2,2-6H3/t19-,20?,21+,22+,24+,25?,29?/m1/s1. The maximum Gasteiger partial charge on any atom is 0.310 e. The molecule has 0 aromatic heterocycles. The summed E-state index contributed by atoms with van der Waals surface area (Å²) in [6.07, 6.45) is 2.83. The molecule has 3 fully saturated rings. The Balaban J connectivity index is 1.88. The van der Waals surface area contributed by atoms with Crippen molar-refractivity contribution >= 4 is 51.2 Å². The summed E-state index contributed by atoms with van der Waals surface area (Å²) >= 11 is 5.37. The number of rotatable bonds is 10. The molecule has 2 bridgehead atoms. The summed E-state index contributed by atoms with van der Waals surface area (Å²) < 4.78 is 4.65. The zero-order valence-electron chi connectivity index (χ0n) is 22.9. The zero-order valence-corrected chi connectivity index (χ0v) is 25.3. The van der Waals surface area contributed by atoms with Crippen LogP contribution in [0.15, 0.2) is 30.9 Å². The van der Waals surface area contributed by atoms with E-state index in [2.05, 4.69) is 22.5 Å². The summed E-state index contributed by atoms with van der Waals surface area (Å²) in [5.41, 5.74) is 2.72. The molecule has 3 heterocycles. The van der Waals surface area contributed by atoms with Crippen molar-refractivity contribution in [1.82, 2.24) is 4.90 Å². The third-order valence-electron chi connectivity index (χ3n) is 8.15. The number of alkyl halides is 1. The smallest absolute Gasteiger partial charge is 0.310 e. The number of aliphatic hydroxyl groups is 1. The number of likely N-dealkylation sites (tertiary alicyclic amines) is 1. The Morgan fingerprint density at radius 3 is 2.55 bits per heavy atom. The summed E-state index contributed by atoms with van der Waals surface area (Å²) in [5.74, 6) is -1.93. The van der Waals surface area contributed by atoms with Gasteiger partial charge in [0.2, 0.25) is 5.91 Å². The first-order valence-corrected chi connectivity index (χ1v) is 15.2. The van der Waals surface area contributed by atoms with E-state index in [4.69, 9.17) is 4.74 Å². The van der Waals surface area contributed by atoms with E-state index in [9.17, 15) is 19.5 Å². The zero-order chi connectivity index (χ0) is 27.9. The molecule has 9 heteroatoms. The molecular formula is C29H39BrN2O5S. The predicted molar refractivity (Wildman–Crippen MR) is 154 cm³/mol. The second-order valence-electron chi connectivity index (χ2n) is 11.1. The normalized spacial score (nSPS) is 30.5. The highest BCUT2D eigenvalue weighted by Gasteiger charge is 2.76. The molecule has 0 aliphatic carbocycles. The number of aliphatic hydroxyl groups excluding tert-OH is 1. The summed E-state index contributed by atoms with van der Waals surface area (Å²) in [6, 6.07) is 4.55. The van der Waals surface area contributed by atoms with Crippen LogP contribution in [0.2, 0.25) is 0 Å². The molecular weight excluding hydrogens is 568 g/mol. The van der Waals surface area contributed by atoms with E-state index in [1.54, 1.807) is 34.6 Å². The molecule has 2 amide bonds. The van der Waals surface area contributed by atoms with Crippen molar-refractivity contribution in [1.29, 1.82) is 0 Å². The van der Waals surface area contributed by atoms with Crippen molar-refractivity contribution < 1.29 is 24.2 Å². The molecule has 0 saturated carbocycles. The van der Waals surface area contributed by atoms with Gasteiger partial charge in [0.05, 0.1) is 35.8 Å². The summed E-state index contributed by atoms with van der Waals surface area (Å²) in [6.45, 7) is 14.0. The summed E-state index contributed by atoms with van der Waals surface area (Å²) in [7, 11) is 0. The van der Waals surface area contributed by atoms with Crippen LogP contribution >= 0.6 is 27.7 Å². The number of hydrogen-bond acceptors (Lipinski definition) is 6. The summed E-state index contributed by atoms with van der Waals surface area (Å²) in [4.78, 5) is 45.7. The van der Waals surface area contributed by atoms with E-state index in [0.717, 1.165) is 16.8 Å². The van der Waals surface area contributed by atoms with Crippen LogP contribution in [0.25, 0.3) is 0 Å². The Kier molecular flexibility index (Phi) is 8.70. The highest BCUT2D eigenvalue weighted by molar-refractivity contribution is 9.09. The van der Waals surface area contributed by atoms with Gasteiger partial charge in [0, 0.05) is 22.3 Å². The van der Waals surface area contributed by atoms with Gasteiger partial charge >= 0.3 is 5.97 Å². The number of amides is 2. The predicted octanol–water partition coefficient (Wildman–Crippen LogP) is 4.26. The number of carbonyl (C=O) groups excluding carboxylic acids is 3. The van der Waals surface area contributed by atoms with E-state index in [1.165, 1.54) is 0 Å². The van der Waals surface area contributed by atoms with Crippen LogP contribution in [0.5, 0.6) is 0 Å². The Morgan fingerprint density at radius 2 is 2.00 bits per heavy atom. The van der Waals surface area contributed by atoms with Gasteiger partial charge in [-0.2, -0.15) is 0 Å². The lowest BCUT2D eigenvalue weighted by atomic mass is 9.71. The Hall–Kier alpha value is -1.84. The average molecular weight is 608 g/mol. The fraction of sp³-hybridized carbons (Fsp3) is 0.621. The topological polar surface area (TPSA) is 87.2 Å². The molecule has 3 saturated heterocycles. The van der Waals surface area contributed by atoms with Crippen LogP contribution in [0.1, 0.15) is 44.7 Å². The molecule has 3 aliphatic rings. The SMILES string of the molecule is C=CCN(C(=O)C1N([C@@H](CO)CC(C)C)C(=O)[C@@H]2[C@H](C(=O)OCC)[C@H]3SC12CC3Br)c1c(C)cccc1C. The highest BCUT2D eigenvalue weighted by Crippen LogP contribution is 2.68. The van der Waals surface area contributed by atoms with Crippen LogP contribution in [0.4, 0.5) is 5.69 Å². The minimum absolute atomic E-state index is 0.0352. The van der Waals surface area contributed by atoms with Gasteiger partial charge in [-0.05, 0) is 50.7 Å². The molecule has 1 spiro atoms. The van der Waals surface area contributed by atoms with Crippen LogP contribution in [0.3, 0.4) is 0 Å². The number of fused-ring (bicyclic) bond motifs is 1. The van der Waals surface area contributed by atoms with Gasteiger partial charge < -0.3 is 19.6 Å². The Labute approximate surface area is 238 Å². The second kappa shape index (κ2) is 11.3. The van der Waals surface area contributed by atoms with Crippen molar-refractivity contribution in [2.24, 2.45) is 17.8 Å². The van der Waals surface area contributed by atoms with Crippen LogP contribution in [0, 0.1) is 31.6 Å². The first-order valence-electron chi connectivity index (χ1n) is 13.4. The quantitative estimate of drug-likeness (QED) is 0.243. The van der Waals surface area contributed by atoms with Crippen LogP contribution < -0.4 is 4.90 Å². The van der Waals surface area contributed by atoms with Crippen molar-refractivity contribution in [3.8, 4) is 0 Å². The van der Waals surface area contributed by atoms with E-state index in [-0.39, 0.29) is 53.5 Å². The van der Waals surface area contributed by atoms with Gasteiger partial charge in [-0.15, -0.1) is 18.3 Å². The van der Waals surface area contributed by atoms with E-state index in [0.29, 0.717) is 12.8 Å². The Morgan fingerprint density at radius 1 is 1.34 bits per heavy atom. The number of aryl methyl sites for hydroxylation is 2. The summed E-state index contributed by atoms with van der Waals surface area (Å²) in [5, 5.41) is 10.3. The lowest BCUT2D eigenvalue weighted by Crippen LogP contribution is -2.58. The largest absolute Gasteiger partial charge is 0.466 e. The van der Waals surface area contributed by atoms with Crippen molar-refractivity contribution in [3.63, 3.8) is 0 Å². The van der Waals surface area contributed by atoms with E-state index >= 15 is 0 Å². The molecule has 1 aromatic rings. The number of nitrogens with zero attached hydrogens (tertiary/aromatic N) is 2. The number of thioether (sulfide) groups is 1. The van der Waals surface area contributed by atoms with Crippen molar-refractivity contribution in [3.05, 3.63) is 42.0 Å². The van der Waals surface area contributed by atoms with Gasteiger partial charge in [0.25, 0.3) is 5.91 Å². The molecule has 1 N–H and O–H groups in total. The maximum atomic E-state index is 14.8. The highest BCUT2D eigenvalue weighted by atomic mass is 79.9. The van der Waals surface area contributed by atoms with Gasteiger partial charge in [0.15, 0.2) is 0 Å². The van der Waals surface area contributed by atoms with Crippen LogP contribution in [-0.2, 0) is 19.1 Å². The molecule has 7 atom stereocenters. The molecule has 3 unspecified atom stereocenters. The Bertz CT molecular complexity index is 1090. The first kappa shape index (κ1) is 29.2. The third-order valence-corrected chi connectivity index (χ3v) is 11.4. The number of benzene rings is 1. The fourth-order valence-electron chi connectivity index (χ4n) is 6.87. The minimum atomic E-state index is -0.829. The molecule has 0 radical (unpaired) electrons. The van der Waals surface area contributed by atoms with E-state index in [1.807, 2.05) is 45.9 Å². The molecule has 3 aliphatic heterocycles. The maximum absolute atomic E-state index is 14.8. The second-order valence-corrected chi connectivity index (χ2v) is 13.8. The number of halogens is 1. The monoisotopic (exact) mass is 606 g/mol. The molecule has 4 rings (SSSR count). The third kappa shape index (κ3) is 4.62. The minimum Gasteiger partial charge on any atom is -0.466 e. The fourth-order valence-corrected chi connectivity index (χ4v) is 10.4. The van der Waals surface area contributed by atoms with Crippen molar-refractivity contribution in [2.75, 3.05) is 24.7 Å². The van der Waals surface area contributed by atoms with Gasteiger partial charge in [0.1, 0.15) is 6.04 Å². The number of anilines is 1. The number of carbonyl (C=O) groups is 3. The van der Waals surface area contributed by atoms with E-state index < -0.39 is 28.7 Å². The van der Waals surface area contributed by atoms with Crippen LogP contribution in [-0.4, -0.2) is 74.5 Å². The average Bonchev–Trinajstić information content (AvgIpc) is 3.45. The molecule has 38 heavy (non-hydrogen) atoms. The number of para-hydroxylation sites is 1. The van der Waals surface area contributed by atoms with Gasteiger partial charge in [-0.3, -0.25) is 14.4 Å². The molecule has 7 nitrogen and oxygen atoms in total. The molecule has 1 aromatic carbocycles. The number of ether oxygens (including phenoxy) is 1. The lowest BCUT2D eigenvalue weighted by Gasteiger charge is -2.40. The number of hydrogen-bond donors (Lipinski definition) is 1. The molecule has 208 valence electrons. The van der Waals surface area contributed by atoms with Gasteiger partial charge in [-0.25, -0.2) is 0 Å². The first-order chi connectivity index (χ1) is 18.0. The van der Waals surface area contributed by atoms with Crippen molar-refractivity contribution in [2.45, 2.75) is 74.4 Å².